The Morgan fingerprint density at radius 1 is 1.08 bits per heavy atom. The number of fused-ring (bicyclic) bond motifs is 6. The molecule has 5 aliphatic rings. The molecule has 6 heteroatoms. The van der Waals surface area contributed by atoms with Crippen molar-refractivity contribution < 1.29 is 20.1 Å². The maximum absolute atomic E-state index is 13.2. The van der Waals surface area contributed by atoms with Gasteiger partial charge in [0.25, 0.3) is 0 Å². The van der Waals surface area contributed by atoms with Crippen LogP contribution in [0.4, 0.5) is 11.4 Å². The number of carbonyl (C=O) groups excluding carboxylic acids is 1. The van der Waals surface area contributed by atoms with Crippen molar-refractivity contribution in [3.63, 3.8) is 0 Å². The summed E-state index contributed by atoms with van der Waals surface area (Å²) < 4.78 is 0. The van der Waals surface area contributed by atoms with Gasteiger partial charge in [-0.25, -0.2) is 0 Å². The first kappa shape index (κ1) is 25.6. The molecule has 0 aromatic heterocycles. The van der Waals surface area contributed by atoms with Crippen molar-refractivity contribution in [3.05, 3.63) is 24.3 Å². The summed E-state index contributed by atoms with van der Waals surface area (Å²) in [6.07, 6.45) is 6.67. The number of carbonyl (C=O) groups is 1. The van der Waals surface area contributed by atoms with E-state index in [-0.39, 0.29) is 41.0 Å². The largest absolute Gasteiger partial charge is 0.393 e. The maximum atomic E-state index is 13.2. The SMILES string of the molecule is C[C@H](CCC(=O)N1CNc2ccccc21)[C@H]1CC[C@H]2[C@@H]3[C@H](O)C[C@@H]4C[C@H](O)CC[C@]4(C)[C@H]3C[C@H](O)[C@]12C. The van der Waals surface area contributed by atoms with Crippen molar-refractivity contribution in [2.75, 3.05) is 16.9 Å². The van der Waals surface area contributed by atoms with Gasteiger partial charge in [-0.2, -0.15) is 0 Å². The molecule has 4 fully saturated rings. The molecule has 1 heterocycles. The maximum Gasteiger partial charge on any atom is 0.228 e. The number of aliphatic hydroxyl groups excluding tert-OH is 3. The normalized spacial score (nSPS) is 45.3. The molecule has 6 rings (SSSR count). The highest BCUT2D eigenvalue weighted by Crippen LogP contribution is 2.68. The lowest BCUT2D eigenvalue weighted by atomic mass is 9.43. The van der Waals surface area contributed by atoms with Crippen LogP contribution < -0.4 is 10.2 Å². The number of hydrogen-bond donors (Lipinski definition) is 4. The van der Waals surface area contributed by atoms with Crippen LogP contribution in [0.3, 0.4) is 0 Å². The van der Waals surface area contributed by atoms with E-state index >= 15 is 0 Å². The van der Waals surface area contributed by atoms with Gasteiger partial charge in [0, 0.05) is 6.42 Å². The van der Waals surface area contributed by atoms with Crippen molar-refractivity contribution >= 4 is 17.3 Å². The summed E-state index contributed by atoms with van der Waals surface area (Å²) in [6, 6.07) is 7.98. The lowest BCUT2D eigenvalue weighted by Gasteiger charge is -2.63. The molecule has 0 bridgehead atoms. The van der Waals surface area contributed by atoms with Gasteiger partial charge in [-0.05, 0) is 110 Å². The summed E-state index contributed by atoms with van der Waals surface area (Å²) >= 11 is 0. The van der Waals surface area contributed by atoms with Gasteiger partial charge in [0.2, 0.25) is 5.91 Å². The molecule has 11 atom stereocenters. The van der Waals surface area contributed by atoms with Crippen LogP contribution in [0.15, 0.2) is 24.3 Å². The first-order valence-electron chi connectivity index (χ1n) is 14.8. The van der Waals surface area contributed by atoms with E-state index in [0.29, 0.717) is 42.7 Å². The molecule has 1 amide bonds. The highest BCUT2D eigenvalue weighted by Gasteiger charge is 2.65. The van der Waals surface area contributed by atoms with Crippen LogP contribution in [-0.2, 0) is 4.79 Å². The predicted molar refractivity (Wildman–Crippen MR) is 145 cm³/mol. The monoisotopic (exact) mass is 510 g/mol. The van der Waals surface area contributed by atoms with Crippen LogP contribution in [0.1, 0.15) is 78.6 Å². The Labute approximate surface area is 221 Å². The molecular formula is C31H46N2O4. The molecule has 204 valence electrons. The number of para-hydroxylation sites is 2. The lowest BCUT2D eigenvalue weighted by molar-refractivity contribution is -0.207. The Bertz CT molecular complexity index is 1030. The Morgan fingerprint density at radius 3 is 2.68 bits per heavy atom. The van der Waals surface area contributed by atoms with Gasteiger partial charge in [-0.3, -0.25) is 9.69 Å². The highest BCUT2D eigenvalue weighted by molar-refractivity contribution is 5.99. The summed E-state index contributed by atoms with van der Waals surface area (Å²) in [4.78, 5) is 15.0. The van der Waals surface area contributed by atoms with E-state index in [2.05, 4.69) is 26.1 Å². The van der Waals surface area contributed by atoms with E-state index in [4.69, 9.17) is 0 Å². The van der Waals surface area contributed by atoms with Crippen molar-refractivity contribution in [2.24, 2.45) is 46.3 Å². The topological polar surface area (TPSA) is 93.0 Å². The zero-order valence-electron chi connectivity index (χ0n) is 22.8. The molecule has 6 nitrogen and oxygen atoms in total. The smallest absolute Gasteiger partial charge is 0.228 e. The molecule has 4 N–H and O–H groups in total. The van der Waals surface area contributed by atoms with Crippen LogP contribution >= 0.6 is 0 Å². The minimum absolute atomic E-state index is 0.0988. The molecule has 4 saturated carbocycles. The zero-order valence-corrected chi connectivity index (χ0v) is 22.8. The Balaban J connectivity index is 1.16. The highest BCUT2D eigenvalue weighted by atomic mass is 16.3. The van der Waals surface area contributed by atoms with Gasteiger partial charge in [-0.1, -0.05) is 32.9 Å². The van der Waals surface area contributed by atoms with E-state index in [9.17, 15) is 20.1 Å². The summed E-state index contributed by atoms with van der Waals surface area (Å²) in [7, 11) is 0. The van der Waals surface area contributed by atoms with Gasteiger partial charge in [0.1, 0.15) is 0 Å². The molecule has 37 heavy (non-hydrogen) atoms. The second-order valence-corrected chi connectivity index (χ2v) is 13.7. The summed E-state index contributed by atoms with van der Waals surface area (Å²) in [5.41, 5.74) is 1.87. The van der Waals surface area contributed by atoms with Gasteiger partial charge in [0.05, 0.1) is 36.4 Å². The van der Waals surface area contributed by atoms with Crippen molar-refractivity contribution in [1.29, 1.82) is 0 Å². The number of amides is 1. The minimum atomic E-state index is -0.381. The molecule has 0 unspecified atom stereocenters. The first-order chi connectivity index (χ1) is 17.6. The molecule has 1 aromatic carbocycles. The van der Waals surface area contributed by atoms with Crippen LogP contribution in [0, 0.1) is 46.3 Å². The van der Waals surface area contributed by atoms with Crippen molar-refractivity contribution in [1.82, 2.24) is 0 Å². The third-order valence-electron chi connectivity index (χ3n) is 12.3. The summed E-state index contributed by atoms with van der Waals surface area (Å²) in [6.45, 7) is 7.49. The second-order valence-electron chi connectivity index (χ2n) is 13.7. The van der Waals surface area contributed by atoms with Crippen molar-refractivity contribution in [3.8, 4) is 0 Å². The van der Waals surface area contributed by atoms with Crippen LogP contribution in [0.2, 0.25) is 0 Å². The summed E-state index contributed by atoms with van der Waals surface area (Å²) in [5, 5.41) is 36.9. The third-order valence-corrected chi connectivity index (χ3v) is 12.3. The van der Waals surface area contributed by atoms with Crippen LogP contribution in [0.5, 0.6) is 0 Å². The fourth-order valence-corrected chi connectivity index (χ4v) is 10.1. The average molecular weight is 511 g/mol. The predicted octanol–water partition coefficient (Wildman–Crippen LogP) is 4.78. The number of rotatable bonds is 4. The third kappa shape index (κ3) is 3.88. The first-order valence-corrected chi connectivity index (χ1v) is 14.8. The van der Waals surface area contributed by atoms with Gasteiger partial charge in [0.15, 0.2) is 0 Å². The molecule has 0 saturated heterocycles. The number of hydrogen-bond acceptors (Lipinski definition) is 5. The second kappa shape index (κ2) is 9.24. The number of aliphatic hydroxyl groups is 3. The van der Waals surface area contributed by atoms with Crippen molar-refractivity contribution in [2.45, 2.75) is 96.9 Å². The Kier molecular flexibility index (Phi) is 6.40. The van der Waals surface area contributed by atoms with Gasteiger partial charge < -0.3 is 20.6 Å². The molecule has 1 aliphatic heterocycles. The minimum Gasteiger partial charge on any atom is -0.393 e. The van der Waals surface area contributed by atoms with E-state index in [1.54, 1.807) is 0 Å². The standard InChI is InChI=1S/C31H46N2O4/c1-18(8-11-28(37)33-17-32-24-6-4-5-7-25(24)33)21-9-10-22-29-23(16-27(36)31(21,22)3)30(2)13-12-20(34)14-19(30)15-26(29)35/h4-7,18-23,26-27,29,32,34-36H,8-17H2,1-3H3/t18-,19+,20-,21-,22+,23+,26-,27+,29+,30+,31-/m1/s1. The van der Waals surface area contributed by atoms with Gasteiger partial charge >= 0.3 is 0 Å². The molecule has 4 aliphatic carbocycles. The van der Waals surface area contributed by atoms with E-state index in [1.807, 2.05) is 29.2 Å². The fraction of sp³-hybridized carbons (Fsp3) is 0.774. The lowest BCUT2D eigenvalue weighted by Crippen LogP contribution is -2.62. The quantitative estimate of drug-likeness (QED) is 0.468. The average Bonchev–Trinajstić information content (AvgIpc) is 3.46. The molecule has 0 radical (unpaired) electrons. The van der Waals surface area contributed by atoms with Crippen LogP contribution in [0.25, 0.3) is 0 Å². The molecular weight excluding hydrogens is 464 g/mol. The molecule has 1 aromatic rings. The molecule has 0 spiro atoms. The van der Waals surface area contributed by atoms with Gasteiger partial charge in [-0.15, -0.1) is 0 Å². The summed E-state index contributed by atoms with van der Waals surface area (Å²) in [5.74, 6) is 2.07. The van der Waals surface area contributed by atoms with Crippen LogP contribution in [-0.4, -0.2) is 46.2 Å². The fourth-order valence-electron chi connectivity index (χ4n) is 10.1. The number of anilines is 2. The number of nitrogens with zero attached hydrogens (tertiary/aromatic N) is 1. The number of benzene rings is 1. The van der Waals surface area contributed by atoms with E-state index in [0.717, 1.165) is 62.7 Å². The van der Waals surface area contributed by atoms with E-state index < -0.39 is 0 Å². The zero-order chi connectivity index (χ0) is 26.1. The Morgan fingerprint density at radius 2 is 1.86 bits per heavy atom. The Hall–Kier alpha value is -1.63. The number of nitrogens with one attached hydrogen (secondary N) is 1. The van der Waals surface area contributed by atoms with E-state index in [1.165, 1.54) is 0 Å².